The molecule has 0 saturated carbocycles. The molecule has 4 heteroatoms. The third-order valence-corrected chi connectivity index (χ3v) is 16.2. The van der Waals surface area contributed by atoms with Gasteiger partial charge < -0.3 is 9.80 Å². The molecule has 0 amide bonds. The van der Waals surface area contributed by atoms with E-state index < -0.39 is 0 Å². The summed E-state index contributed by atoms with van der Waals surface area (Å²) in [7, 11) is 0. The second kappa shape index (κ2) is 16.6. The van der Waals surface area contributed by atoms with Crippen molar-refractivity contribution in [1.29, 1.82) is 0 Å². The summed E-state index contributed by atoms with van der Waals surface area (Å²) < 4.78 is 5.13. The zero-order valence-electron chi connectivity index (χ0n) is 38.0. The molecule has 14 aromatic rings. The van der Waals surface area contributed by atoms with Crippen LogP contribution in [0.1, 0.15) is 0 Å². The predicted octanol–water partition coefficient (Wildman–Crippen LogP) is 20.2. The van der Waals surface area contributed by atoms with Crippen molar-refractivity contribution in [3.63, 3.8) is 0 Å². The summed E-state index contributed by atoms with van der Waals surface area (Å²) >= 11 is 3.72. The summed E-state index contributed by atoms with van der Waals surface area (Å²) in [6.07, 6.45) is 0. The number of benzene rings is 12. The molecule has 328 valence electrons. The third kappa shape index (κ3) is 6.75. The standard InChI is InChI=1S/C66H42N2S2/c1-3-17-45(18-4-1)57-39-50(67(60-29-15-23-43-21-7-9-25-51(43)60)48-33-35-55-53-27-11-13-31-63(53)69-65(55)40-48)37-47-38-62(59(42-58(47)57)46-19-5-2-6-20-46)68(61-30-16-24-44-22-8-10-26-52(44)61)49-34-36-56-54-28-12-14-32-64(54)70-66(56)41-49/h1-42H. The van der Waals surface area contributed by atoms with Gasteiger partial charge in [-0.3, -0.25) is 0 Å². The van der Waals surface area contributed by atoms with Gasteiger partial charge in [0.25, 0.3) is 0 Å². The van der Waals surface area contributed by atoms with Gasteiger partial charge in [0.05, 0.1) is 17.1 Å². The van der Waals surface area contributed by atoms with Crippen LogP contribution in [-0.4, -0.2) is 0 Å². The molecule has 0 unspecified atom stereocenters. The van der Waals surface area contributed by atoms with Gasteiger partial charge >= 0.3 is 0 Å². The minimum Gasteiger partial charge on any atom is -0.310 e. The van der Waals surface area contributed by atoms with E-state index in [1.54, 1.807) is 0 Å². The van der Waals surface area contributed by atoms with Gasteiger partial charge in [-0.1, -0.05) is 182 Å². The highest BCUT2D eigenvalue weighted by atomic mass is 32.1. The van der Waals surface area contributed by atoms with Gasteiger partial charge in [-0.15, -0.1) is 22.7 Å². The average molecular weight is 927 g/mol. The molecule has 14 rings (SSSR count). The topological polar surface area (TPSA) is 6.48 Å². The number of rotatable bonds is 8. The molecule has 0 N–H and O–H groups in total. The van der Waals surface area contributed by atoms with E-state index in [1.807, 2.05) is 22.7 Å². The zero-order chi connectivity index (χ0) is 46.1. The minimum atomic E-state index is 1.09. The molecule has 0 aliphatic carbocycles. The molecule has 12 aromatic carbocycles. The van der Waals surface area contributed by atoms with Gasteiger partial charge in [-0.25, -0.2) is 0 Å². The number of nitrogens with zero attached hydrogens (tertiary/aromatic N) is 2. The van der Waals surface area contributed by atoms with Crippen LogP contribution in [0.25, 0.3) is 94.9 Å². The first-order chi connectivity index (χ1) is 34.7. The van der Waals surface area contributed by atoms with Gasteiger partial charge in [0.15, 0.2) is 0 Å². The Morgan fingerprint density at radius 3 is 1.27 bits per heavy atom. The molecular weight excluding hydrogens is 885 g/mol. The smallest absolute Gasteiger partial charge is 0.0546 e. The highest BCUT2D eigenvalue weighted by Gasteiger charge is 2.25. The van der Waals surface area contributed by atoms with Crippen molar-refractivity contribution >= 4 is 129 Å². The monoisotopic (exact) mass is 926 g/mol. The van der Waals surface area contributed by atoms with Crippen molar-refractivity contribution < 1.29 is 0 Å². The number of hydrogen-bond acceptors (Lipinski definition) is 4. The Hall–Kier alpha value is -8.54. The number of anilines is 6. The Morgan fingerprint density at radius 2 is 0.686 bits per heavy atom. The summed E-state index contributed by atoms with van der Waals surface area (Å²) in [4.78, 5) is 5.00. The molecule has 70 heavy (non-hydrogen) atoms. The van der Waals surface area contributed by atoms with Crippen molar-refractivity contribution in [2.24, 2.45) is 0 Å². The fourth-order valence-electron chi connectivity index (χ4n) is 10.8. The summed E-state index contributed by atoms with van der Waals surface area (Å²) in [6.45, 7) is 0. The normalized spacial score (nSPS) is 11.7. The summed E-state index contributed by atoms with van der Waals surface area (Å²) in [5.74, 6) is 0. The Bertz CT molecular complexity index is 4310. The summed E-state index contributed by atoms with van der Waals surface area (Å²) in [6, 6.07) is 94.2. The van der Waals surface area contributed by atoms with Gasteiger partial charge in [0.1, 0.15) is 0 Å². The molecule has 0 bridgehead atoms. The van der Waals surface area contributed by atoms with Gasteiger partial charge in [0, 0.05) is 73.7 Å². The minimum absolute atomic E-state index is 1.09. The van der Waals surface area contributed by atoms with E-state index in [0.717, 1.165) is 50.6 Å². The van der Waals surface area contributed by atoms with Crippen LogP contribution in [0.15, 0.2) is 255 Å². The fourth-order valence-corrected chi connectivity index (χ4v) is 13.0. The second-order valence-electron chi connectivity index (χ2n) is 18.0. The molecule has 0 saturated heterocycles. The van der Waals surface area contributed by atoms with Crippen LogP contribution in [0.4, 0.5) is 34.1 Å². The van der Waals surface area contributed by atoms with Gasteiger partial charge in [0.2, 0.25) is 0 Å². The van der Waals surface area contributed by atoms with E-state index >= 15 is 0 Å². The molecule has 0 spiro atoms. The largest absolute Gasteiger partial charge is 0.310 e. The predicted molar refractivity (Wildman–Crippen MR) is 305 cm³/mol. The number of thiophene rings is 2. The first-order valence-corrected chi connectivity index (χ1v) is 25.4. The van der Waals surface area contributed by atoms with Crippen LogP contribution < -0.4 is 9.80 Å². The number of fused-ring (bicyclic) bond motifs is 9. The van der Waals surface area contributed by atoms with E-state index in [1.165, 1.54) is 78.4 Å². The number of hydrogen-bond donors (Lipinski definition) is 0. The average Bonchev–Trinajstić information content (AvgIpc) is 3.99. The van der Waals surface area contributed by atoms with Crippen molar-refractivity contribution in [1.82, 2.24) is 0 Å². The molecule has 0 aliphatic rings. The van der Waals surface area contributed by atoms with Gasteiger partial charge in [-0.05, 0) is 111 Å². The molecule has 2 heterocycles. The molecule has 0 aliphatic heterocycles. The Kier molecular flexibility index (Phi) is 9.61. The van der Waals surface area contributed by atoms with Crippen LogP contribution >= 0.6 is 22.7 Å². The Morgan fingerprint density at radius 1 is 0.229 bits per heavy atom. The SMILES string of the molecule is c1ccc(-c2cc3c(-c4ccccc4)cc(N(c4ccc5c(c4)sc4ccccc45)c4cccc5ccccc45)cc3cc2N(c2ccc3c(c2)sc2ccccc23)c2cccc3ccccc23)cc1. The van der Waals surface area contributed by atoms with E-state index in [0.29, 0.717) is 0 Å². The summed E-state index contributed by atoms with van der Waals surface area (Å²) in [5, 5.41) is 12.3. The Labute approximate surface area is 413 Å². The second-order valence-corrected chi connectivity index (χ2v) is 20.2. The Balaban J connectivity index is 1.08. The van der Waals surface area contributed by atoms with Crippen LogP contribution in [0.2, 0.25) is 0 Å². The van der Waals surface area contributed by atoms with Crippen molar-refractivity contribution in [3.05, 3.63) is 255 Å². The lowest BCUT2D eigenvalue weighted by Gasteiger charge is -2.31. The maximum Gasteiger partial charge on any atom is 0.0546 e. The van der Waals surface area contributed by atoms with Crippen molar-refractivity contribution in [2.45, 2.75) is 0 Å². The first-order valence-electron chi connectivity index (χ1n) is 23.8. The highest BCUT2D eigenvalue weighted by molar-refractivity contribution is 7.26. The van der Waals surface area contributed by atoms with Crippen LogP contribution in [0.3, 0.4) is 0 Å². The van der Waals surface area contributed by atoms with E-state index in [4.69, 9.17) is 0 Å². The van der Waals surface area contributed by atoms with Crippen LogP contribution in [0, 0.1) is 0 Å². The van der Waals surface area contributed by atoms with Crippen molar-refractivity contribution in [2.75, 3.05) is 9.80 Å². The van der Waals surface area contributed by atoms with Crippen molar-refractivity contribution in [3.8, 4) is 22.3 Å². The lowest BCUT2D eigenvalue weighted by molar-refractivity contribution is 1.30. The van der Waals surface area contributed by atoms with Gasteiger partial charge in [-0.2, -0.15) is 0 Å². The maximum atomic E-state index is 2.51. The maximum absolute atomic E-state index is 2.51. The fraction of sp³-hybridized carbons (Fsp3) is 0. The molecule has 0 atom stereocenters. The van der Waals surface area contributed by atoms with Crippen LogP contribution in [-0.2, 0) is 0 Å². The lowest BCUT2D eigenvalue weighted by atomic mass is 9.91. The zero-order valence-corrected chi connectivity index (χ0v) is 39.6. The quantitative estimate of drug-likeness (QED) is 0.150. The third-order valence-electron chi connectivity index (χ3n) is 14.0. The van der Waals surface area contributed by atoms with E-state index in [2.05, 4.69) is 265 Å². The highest BCUT2D eigenvalue weighted by Crippen LogP contribution is 2.50. The molecular formula is C66H42N2S2. The molecule has 2 nitrogen and oxygen atoms in total. The van der Waals surface area contributed by atoms with Crippen LogP contribution in [0.5, 0.6) is 0 Å². The van der Waals surface area contributed by atoms with E-state index in [-0.39, 0.29) is 0 Å². The lowest BCUT2D eigenvalue weighted by Crippen LogP contribution is -2.12. The first kappa shape index (κ1) is 40.5. The molecule has 2 aromatic heterocycles. The molecule has 0 radical (unpaired) electrons. The van der Waals surface area contributed by atoms with E-state index in [9.17, 15) is 0 Å². The molecule has 0 fully saturated rings. The summed E-state index contributed by atoms with van der Waals surface area (Å²) in [5.41, 5.74) is 11.3.